The fourth-order valence-electron chi connectivity index (χ4n) is 3.23. The third-order valence-electron chi connectivity index (χ3n) is 4.92. The maximum atomic E-state index is 12.8. The van der Waals surface area contributed by atoms with Crippen LogP contribution in [0.25, 0.3) is 0 Å². The van der Waals surface area contributed by atoms with E-state index in [0.717, 1.165) is 0 Å². The largest absolute Gasteiger partial charge is 0.497 e. The van der Waals surface area contributed by atoms with Gasteiger partial charge in [-0.25, -0.2) is 0 Å². The second kappa shape index (κ2) is 9.11. The topological polar surface area (TPSA) is 88.9 Å². The zero-order valence-electron chi connectivity index (χ0n) is 16.4. The first-order valence-electron chi connectivity index (χ1n) is 9.28. The average Bonchev–Trinajstić information content (AvgIpc) is 2.78. The molecule has 3 rings (SSSR count). The first-order valence-corrected chi connectivity index (χ1v) is 9.28. The summed E-state index contributed by atoms with van der Waals surface area (Å²) in [7, 11) is 3.07. The number of hydrogen-bond donors (Lipinski definition) is 0. The van der Waals surface area contributed by atoms with Crippen molar-refractivity contribution in [3.63, 3.8) is 0 Å². The minimum Gasteiger partial charge on any atom is -0.497 e. The predicted molar refractivity (Wildman–Crippen MR) is 105 cm³/mol. The summed E-state index contributed by atoms with van der Waals surface area (Å²) in [5, 5.41) is 8.82. The molecule has 1 aliphatic heterocycles. The number of nitriles is 1. The Morgan fingerprint density at radius 3 is 2.07 bits per heavy atom. The first kappa shape index (κ1) is 20.2. The molecule has 0 unspecified atom stereocenters. The molecule has 1 amide bonds. The molecular weight excluding hydrogens is 372 g/mol. The molecule has 1 aliphatic rings. The Morgan fingerprint density at radius 2 is 1.55 bits per heavy atom. The molecular formula is C22H22N2O5. The van der Waals surface area contributed by atoms with Crippen LogP contribution in [0.5, 0.6) is 17.2 Å². The minimum absolute atomic E-state index is 0.124. The van der Waals surface area contributed by atoms with Gasteiger partial charge in [-0.05, 0) is 49.2 Å². The Labute approximate surface area is 169 Å². The summed E-state index contributed by atoms with van der Waals surface area (Å²) in [5.41, 5.74) is 0.991. The molecule has 29 heavy (non-hydrogen) atoms. The molecule has 150 valence electrons. The van der Waals surface area contributed by atoms with Gasteiger partial charge in [0.25, 0.3) is 5.91 Å². The molecule has 2 aromatic rings. The molecule has 7 heteroatoms. The van der Waals surface area contributed by atoms with Crippen LogP contribution in [0.4, 0.5) is 0 Å². The molecule has 2 aromatic carbocycles. The molecule has 0 bridgehead atoms. The number of nitrogens with zero attached hydrogens (tertiary/aromatic N) is 2. The summed E-state index contributed by atoms with van der Waals surface area (Å²) in [6.45, 7) is 0.928. The Morgan fingerprint density at radius 1 is 0.966 bits per heavy atom. The van der Waals surface area contributed by atoms with Gasteiger partial charge in [0.1, 0.15) is 17.2 Å². The molecule has 1 fully saturated rings. The van der Waals surface area contributed by atoms with E-state index in [-0.39, 0.29) is 17.8 Å². The Kier molecular flexibility index (Phi) is 6.35. The molecule has 0 aliphatic carbocycles. The average molecular weight is 394 g/mol. The van der Waals surface area contributed by atoms with Gasteiger partial charge in [0.15, 0.2) is 0 Å². The summed E-state index contributed by atoms with van der Waals surface area (Å²) in [6, 6.07) is 13.5. The maximum absolute atomic E-state index is 12.8. The monoisotopic (exact) mass is 394 g/mol. The van der Waals surface area contributed by atoms with Gasteiger partial charge in [0.2, 0.25) is 0 Å². The fraction of sp³-hybridized carbons (Fsp3) is 0.318. The normalized spacial score (nSPS) is 14.0. The van der Waals surface area contributed by atoms with Crippen LogP contribution in [0.3, 0.4) is 0 Å². The number of amides is 1. The zero-order chi connectivity index (χ0) is 20.8. The second-order valence-electron chi connectivity index (χ2n) is 6.73. The van der Waals surface area contributed by atoms with Gasteiger partial charge in [0, 0.05) is 24.7 Å². The molecule has 0 aromatic heterocycles. The van der Waals surface area contributed by atoms with E-state index in [1.807, 2.05) is 6.07 Å². The summed E-state index contributed by atoms with van der Waals surface area (Å²) in [4.78, 5) is 27.0. The molecule has 0 saturated carbocycles. The number of rotatable bonds is 5. The number of ether oxygens (including phenoxy) is 3. The molecule has 0 spiro atoms. The third-order valence-corrected chi connectivity index (χ3v) is 4.92. The van der Waals surface area contributed by atoms with Crippen molar-refractivity contribution in [3.05, 3.63) is 53.6 Å². The van der Waals surface area contributed by atoms with Crippen molar-refractivity contribution in [2.75, 3.05) is 27.3 Å². The van der Waals surface area contributed by atoms with Gasteiger partial charge < -0.3 is 19.1 Å². The number of carbonyl (C=O) groups is 2. The van der Waals surface area contributed by atoms with Crippen LogP contribution in [0.2, 0.25) is 0 Å². The van der Waals surface area contributed by atoms with Gasteiger partial charge in [0.05, 0.1) is 31.8 Å². The molecule has 1 heterocycles. The van der Waals surface area contributed by atoms with E-state index in [1.165, 1.54) is 14.2 Å². The van der Waals surface area contributed by atoms with E-state index in [2.05, 4.69) is 0 Å². The number of hydrogen-bond acceptors (Lipinski definition) is 6. The Hall–Kier alpha value is -3.53. The first-order chi connectivity index (χ1) is 14.0. The number of benzene rings is 2. The highest BCUT2D eigenvalue weighted by Gasteiger charge is 2.29. The lowest BCUT2D eigenvalue weighted by molar-refractivity contribution is -0.140. The molecule has 1 saturated heterocycles. The molecule has 7 nitrogen and oxygen atoms in total. The fourth-order valence-corrected chi connectivity index (χ4v) is 3.23. The smallest absolute Gasteiger partial charge is 0.314 e. The molecule has 0 radical (unpaired) electrons. The maximum Gasteiger partial charge on any atom is 0.314 e. The summed E-state index contributed by atoms with van der Waals surface area (Å²) >= 11 is 0. The highest BCUT2D eigenvalue weighted by atomic mass is 16.5. The van der Waals surface area contributed by atoms with Crippen molar-refractivity contribution in [2.24, 2.45) is 5.92 Å². The van der Waals surface area contributed by atoms with Crippen molar-refractivity contribution >= 4 is 11.9 Å². The summed E-state index contributed by atoms with van der Waals surface area (Å²) < 4.78 is 15.9. The van der Waals surface area contributed by atoms with E-state index < -0.39 is 0 Å². The van der Waals surface area contributed by atoms with Crippen molar-refractivity contribution in [1.29, 1.82) is 5.26 Å². The predicted octanol–water partition coefficient (Wildman–Crippen LogP) is 3.03. The van der Waals surface area contributed by atoms with Gasteiger partial charge >= 0.3 is 5.97 Å². The van der Waals surface area contributed by atoms with Gasteiger partial charge in [-0.2, -0.15) is 5.26 Å². The van der Waals surface area contributed by atoms with Gasteiger partial charge in [-0.1, -0.05) is 0 Å². The SMILES string of the molecule is COc1cc(OC)cc(C(=O)N2CCC(C(=O)Oc3ccc(C#N)cc3)CC2)c1. The van der Waals surface area contributed by atoms with Crippen LogP contribution >= 0.6 is 0 Å². The van der Waals surface area contributed by atoms with E-state index in [4.69, 9.17) is 19.5 Å². The highest BCUT2D eigenvalue weighted by Crippen LogP contribution is 2.26. The van der Waals surface area contributed by atoms with Crippen LogP contribution in [0.15, 0.2) is 42.5 Å². The third kappa shape index (κ3) is 4.85. The number of methoxy groups -OCH3 is 2. The number of carbonyl (C=O) groups excluding carboxylic acids is 2. The van der Waals surface area contributed by atoms with E-state index in [0.29, 0.717) is 54.3 Å². The van der Waals surface area contributed by atoms with Crippen molar-refractivity contribution in [2.45, 2.75) is 12.8 Å². The second-order valence-corrected chi connectivity index (χ2v) is 6.73. The van der Waals surface area contributed by atoms with Crippen LogP contribution in [0, 0.1) is 17.2 Å². The van der Waals surface area contributed by atoms with Gasteiger partial charge in [-0.3, -0.25) is 9.59 Å². The Balaban J connectivity index is 1.59. The molecule has 0 N–H and O–H groups in total. The number of piperidine rings is 1. The van der Waals surface area contributed by atoms with E-state index >= 15 is 0 Å². The summed E-state index contributed by atoms with van der Waals surface area (Å²) in [6.07, 6.45) is 1.06. The summed E-state index contributed by atoms with van der Waals surface area (Å²) in [5.74, 6) is 0.804. The van der Waals surface area contributed by atoms with Crippen molar-refractivity contribution in [3.8, 4) is 23.3 Å². The minimum atomic E-state index is -0.315. The van der Waals surface area contributed by atoms with Crippen LogP contribution < -0.4 is 14.2 Å². The lowest BCUT2D eigenvalue weighted by Crippen LogP contribution is -2.41. The van der Waals surface area contributed by atoms with Crippen molar-refractivity contribution in [1.82, 2.24) is 4.90 Å². The Bertz CT molecular complexity index is 903. The zero-order valence-corrected chi connectivity index (χ0v) is 16.4. The molecule has 0 atom stereocenters. The lowest BCUT2D eigenvalue weighted by Gasteiger charge is -2.31. The lowest BCUT2D eigenvalue weighted by atomic mass is 9.96. The van der Waals surface area contributed by atoms with Gasteiger partial charge in [-0.15, -0.1) is 0 Å². The van der Waals surface area contributed by atoms with Crippen LogP contribution in [-0.2, 0) is 4.79 Å². The van der Waals surface area contributed by atoms with Crippen LogP contribution in [-0.4, -0.2) is 44.1 Å². The number of esters is 1. The van der Waals surface area contributed by atoms with E-state index in [1.54, 1.807) is 47.4 Å². The van der Waals surface area contributed by atoms with E-state index in [9.17, 15) is 9.59 Å². The van der Waals surface area contributed by atoms with Crippen LogP contribution in [0.1, 0.15) is 28.8 Å². The standard InChI is InChI=1S/C22H22N2O5/c1-27-19-11-17(12-20(13-19)28-2)21(25)24-9-7-16(8-10-24)22(26)29-18-5-3-15(14-23)4-6-18/h3-6,11-13,16H,7-10H2,1-2H3. The number of likely N-dealkylation sites (tertiary alicyclic amines) is 1. The quantitative estimate of drug-likeness (QED) is 0.572. The highest BCUT2D eigenvalue weighted by molar-refractivity contribution is 5.95. The van der Waals surface area contributed by atoms with Crippen molar-refractivity contribution < 1.29 is 23.8 Å².